The molecule has 2 aromatic rings. The molecule has 5 rings (SSSR count). The average Bonchev–Trinajstić information content (AvgIpc) is 3.55. The Morgan fingerprint density at radius 1 is 0.909 bits per heavy atom. The predicted molar refractivity (Wildman–Crippen MR) is 151 cm³/mol. The maximum atomic E-state index is 14.9. The molecule has 3 aliphatic carbocycles. The third-order valence-corrected chi connectivity index (χ3v) is 10.1. The number of ether oxygens (including phenoxy) is 2. The van der Waals surface area contributed by atoms with Gasteiger partial charge in [0.25, 0.3) is 5.91 Å². The number of carbonyl (C=O) groups is 3. The van der Waals surface area contributed by atoms with Crippen molar-refractivity contribution in [3.8, 4) is 11.5 Å². The van der Waals surface area contributed by atoms with Gasteiger partial charge in [-0.25, -0.2) is 4.39 Å². The summed E-state index contributed by atoms with van der Waals surface area (Å²) in [6.45, 7) is 0. The lowest BCUT2D eigenvalue weighted by molar-refractivity contribution is -0.123. The summed E-state index contributed by atoms with van der Waals surface area (Å²) in [6.07, 6.45) is 3.43. The van der Waals surface area contributed by atoms with Gasteiger partial charge in [0.1, 0.15) is 10.6 Å². The molecule has 0 aromatic heterocycles. The normalized spacial score (nSPS) is 28.0. The van der Waals surface area contributed by atoms with E-state index in [0.29, 0.717) is 44.9 Å². The molecule has 3 saturated carbocycles. The van der Waals surface area contributed by atoms with Crippen molar-refractivity contribution in [3.63, 3.8) is 0 Å². The molecule has 3 amide bonds. The summed E-state index contributed by atoms with van der Waals surface area (Å²) in [7, 11) is -8.71. The van der Waals surface area contributed by atoms with Crippen LogP contribution in [0.1, 0.15) is 55.3 Å². The number of rotatable bonds is 9. The number of benzene rings is 2. The van der Waals surface area contributed by atoms with E-state index in [-0.39, 0.29) is 46.9 Å². The molecular formula is C29H33F6N3O5S. The Morgan fingerprint density at radius 3 is 2.23 bits per heavy atom. The van der Waals surface area contributed by atoms with Crippen LogP contribution in [0.3, 0.4) is 0 Å². The van der Waals surface area contributed by atoms with Crippen molar-refractivity contribution >= 4 is 33.6 Å². The summed E-state index contributed by atoms with van der Waals surface area (Å²) in [5.41, 5.74) is 4.87. The first-order valence-corrected chi connectivity index (χ1v) is 16.2. The van der Waals surface area contributed by atoms with E-state index in [1.165, 1.54) is 13.2 Å². The highest BCUT2D eigenvalue weighted by Gasteiger charge is 2.65. The minimum Gasteiger partial charge on any atom is -0.496 e. The van der Waals surface area contributed by atoms with E-state index in [0.717, 1.165) is 18.2 Å². The number of nitrogens with one attached hydrogen (secondary N) is 2. The number of hydrogen-bond donors (Lipinski definition) is 3. The number of halogens is 6. The lowest BCUT2D eigenvalue weighted by Gasteiger charge is -2.40. The Morgan fingerprint density at radius 2 is 1.59 bits per heavy atom. The molecule has 4 N–H and O–H groups in total. The monoisotopic (exact) mass is 649 g/mol. The summed E-state index contributed by atoms with van der Waals surface area (Å²) in [5.74, 6) is -4.24. The molecule has 15 heteroatoms. The van der Waals surface area contributed by atoms with Crippen molar-refractivity contribution < 1.29 is 47.7 Å². The van der Waals surface area contributed by atoms with Crippen LogP contribution in [-0.4, -0.2) is 37.0 Å². The van der Waals surface area contributed by atoms with Gasteiger partial charge in [-0.3, -0.25) is 14.4 Å². The van der Waals surface area contributed by atoms with Crippen LogP contribution in [0.15, 0.2) is 41.3 Å². The Bertz CT molecular complexity index is 1480. The van der Waals surface area contributed by atoms with Crippen molar-refractivity contribution in [1.82, 2.24) is 5.32 Å². The number of carbonyl (C=O) groups excluding carboxylic acids is 3. The average molecular weight is 650 g/mol. The largest absolute Gasteiger partial charge is 0.496 e. The number of hydrogen-bond acceptors (Lipinski definition) is 5. The highest BCUT2D eigenvalue weighted by molar-refractivity contribution is 8.45. The summed E-state index contributed by atoms with van der Waals surface area (Å²) in [5, 5.41) is 5.16. The molecule has 0 saturated heterocycles. The SMILES string of the molecule is COc1cc(F)c(OC2CCC(C(N)=O)CC2)cc1C(=O)N[C@@H]1[C@@H]2CC[C@@H](C2)[C@@H]1C(=O)Nc1cccc(S(F)(F)(F)(F)F)c1. The van der Waals surface area contributed by atoms with Crippen molar-refractivity contribution in [2.75, 3.05) is 12.4 Å². The number of methoxy groups -OCH3 is 1. The highest BCUT2D eigenvalue weighted by atomic mass is 32.5. The van der Waals surface area contributed by atoms with Gasteiger partial charge in [-0.15, -0.1) is 0 Å². The third-order valence-electron chi connectivity index (χ3n) is 8.93. The van der Waals surface area contributed by atoms with Gasteiger partial charge in [-0.05, 0) is 81.0 Å². The number of fused-ring (bicyclic) bond motifs is 2. The fourth-order valence-electron chi connectivity index (χ4n) is 6.76. The zero-order valence-electron chi connectivity index (χ0n) is 23.7. The van der Waals surface area contributed by atoms with Crippen LogP contribution in [0, 0.1) is 29.5 Å². The molecule has 4 atom stereocenters. The van der Waals surface area contributed by atoms with Gasteiger partial charge in [0, 0.05) is 23.7 Å². The molecule has 242 valence electrons. The van der Waals surface area contributed by atoms with Gasteiger partial charge in [0.05, 0.1) is 24.7 Å². The van der Waals surface area contributed by atoms with Crippen LogP contribution in [0.5, 0.6) is 11.5 Å². The molecule has 2 bridgehead atoms. The summed E-state index contributed by atoms with van der Waals surface area (Å²) in [6, 6.07) is 3.81. The van der Waals surface area contributed by atoms with Crippen LogP contribution < -0.4 is 25.8 Å². The second-order valence-electron chi connectivity index (χ2n) is 11.8. The van der Waals surface area contributed by atoms with Crippen LogP contribution in [0.25, 0.3) is 0 Å². The third kappa shape index (κ3) is 6.71. The van der Waals surface area contributed by atoms with Crippen molar-refractivity contribution in [2.45, 2.75) is 62.0 Å². The molecule has 0 heterocycles. The van der Waals surface area contributed by atoms with Crippen LogP contribution in [0.2, 0.25) is 0 Å². The quantitative estimate of drug-likeness (QED) is 0.261. The van der Waals surface area contributed by atoms with Gasteiger partial charge in [-0.2, -0.15) is 0 Å². The van der Waals surface area contributed by atoms with Gasteiger partial charge in [0.15, 0.2) is 11.6 Å². The van der Waals surface area contributed by atoms with Gasteiger partial charge in [-0.1, -0.05) is 25.5 Å². The van der Waals surface area contributed by atoms with E-state index in [4.69, 9.17) is 15.2 Å². The van der Waals surface area contributed by atoms with E-state index in [9.17, 15) is 38.2 Å². The zero-order chi connectivity index (χ0) is 32.1. The van der Waals surface area contributed by atoms with Gasteiger partial charge >= 0.3 is 10.2 Å². The maximum absolute atomic E-state index is 14.9. The van der Waals surface area contributed by atoms with E-state index in [1.54, 1.807) is 0 Å². The Balaban J connectivity index is 1.33. The highest BCUT2D eigenvalue weighted by Crippen LogP contribution is 3.02. The van der Waals surface area contributed by atoms with Crippen LogP contribution >= 0.6 is 10.2 Å². The van der Waals surface area contributed by atoms with Crippen molar-refractivity contribution in [3.05, 3.63) is 47.8 Å². The van der Waals surface area contributed by atoms with E-state index >= 15 is 0 Å². The first-order valence-electron chi connectivity index (χ1n) is 14.2. The second-order valence-corrected chi connectivity index (χ2v) is 14.2. The molecule has 44 heavy (non-hydrogen) atoms. The standard InChI is InChI=1S/C29H33F6N3O5S/c1-42-23-14-22(30)24(43-19-9-7-15(8-10-19)27(36)39)13-21(23)28(40)38-26-17-6-5-16(11-17)25(26)29(41)37-18-3-2-4-20(12-18)44(31,32,33,34)35/h2-4,12-17,19,25-26H,5-11H2,1H3,(H2,36,39)(H,37,41)(H,38,40)/t15?,16-,17+,19?,25-,26+/m0/s1. The maximum Gasteiger partial charge on any atom is 0.310 e. The van der Waals surface area contributed by atoms with E-state index in [1.807, 2.05) is 0 Å². The molecule has 0 unspecified atom stereocenters. The Hall–Kier alpha value is -3.62. The predicted octanol–water partition coefficient (Wildman–Crippen LogP) is 6.70. The molecule has 0 spiro atoms. The number of primary amides is 1. The van der Waals surface area contributed by atoms with Crippen LogP contribution in [0.4, 0.5) is 29.5 Å². The fraction of sp³-hybridized carbons (Fsp3) is 0.483. The van der Waals surface area contributed by atoms with Crippen molar-refractivity contribution in [2.24, 2.45) is 29.4 Å². The Labute approximate surface area is 249 Å². The smallest absolute Gasteiger partial charge is 0.310 e. The number of anilines is 1. The molecular weight excluding hydrogens is 616 g/mol. The van der Waals surface area contributed by atoms with Gasteiger partial charge in [0.2, 0.25) is 11.8 Å². The lowest BCUT2D eigenvalue weighted by atomic mass is 9.83. The van der Waals surface area contributed by atoms with E-state index in [2.05, 4.69) is 10.6 Å². The summed E-state index contributed by atoms with van der Waals surface area (Å²) < 4.78 is 92.6. The second kappa shape index (κ2) is 10.8. The topological polar surface area (TPSA) is 120 Å². The number of amides is 3. The summed E-state index contributed by atoms with van der Waals surface area (Å²) >= 11 is 0. The zero-order valence-corrected chi connectivity index (χ0v) is 24.5. The Kier molecular flexibility index (Phi) is 7.78. The van der Waals surface area contributed by atoms with Crippen LogP contribution in [-0.2, 0) is 9.59 Å². The molecule has 3 fully saturated rings. The van der Waals surface area contributed by atoms with Gasteiger partial charge < -0.3 is 25.8 Å². The minimum atomic E-state index is -9.97. The molecule has 8 nitrogen and oxygen atoms in total. The first kappa shape index (κ1) is 31.8. The molecule has 2 aromatic carbocycles. The minimum absolute atomic E-state index is 0.0553. The molecule has 3 aliphatic rings. The van der Waals surface area contributed by atoms with Crippen molar-refractivity contribution in [1.29, 1.82) is 0 Å². The first-order chi connectivity index (χ1) is 20.4. The lowest BCUT2D eigenvalue weighted by Crippen LogP contribution is -2.48. The fourth-order valence-corrected chi connectivity index (χ4v) is 7.45. The molecule has 0 radical (unpaired) electrons. The summed E-state index contributed by atoms with van der Waals surface area (Å²) in [4.78, 5) is 36.2. The van der Waals surface area contributed by atoms with E-state index < -0.39 is 62.4 Å². The molecule has 0 aliphatic heterocycles. The number of nitrogens with two attached hydrogens (primary N) is 1.